The number of amides is 2. The lowest BCUT2D eigenvalue weighted by Crippen LogP contribution is -2.30. The zero-order chi connectivity index (χ0) is 18.1. The molecule has 2 aliphatic rings. The minimum atomic E-state index is -0.338. The highest BCUT2D eigenvalue weighted by atomic mass is 32.2. The van der Waals surface area contributed by atoms with Crippen LogP contribution in [-0.2, 0) is 11.2 Å². The van der Waals surface area contributed by atoms with Crippen molar-refractivity contribution in [2.24, 2.45) is 0 Å². The van der Waals surface area contributed by atoms with E-state index in [1.54, 1.807) is 24.3 Å². The number of carbonyl (C=O) groups excluding carboxylic acids is 2. The Balaban J connectivity index is 1.57. The van der Waals surface area contributed by atoms with Crippen LogP contribution in [-0.4, -0.2) is 16.4 Å². The fraction of sp³-hybridized carbons (Fsp3) is 0.250. The monoisotopic (exact) mass is 364 g/mol. The van der Waals surface area contributed by atoms with Gasteiger partial charge in [0.25, 0.3) is 5.24 Å². The minimum Gasteiger partial charge on any atom is -0.457 e. The van der Waals surface area contributed by atoms with Gasteiger partial charge >= 0.3 is 0 Å². The number of rotatable bonds is 3. The van der Waals surface area contributed by atoms with Crippen LogP contribution in [0.15, 0.2) is 42.5 Å². The highest BCUT2D eigenvalue weighted by Crippen LogP contribution is 2.42. The van der Waals surface area contributed by atoms with E-state index in [1.807, 2.05) is 18.2 Å². The standard InChI is InChI=1S/C20H16N2O3S/c1-21-13-5-7-14(8-6-13)25-15-9-10-16-12(11-15)3-2-4-17(16)18-19(23)22-20(24)26-18/h5-11,17-18H,2-4H2,(H,22,23,24)/t17-,18?/m1/s1. The molecule has 4 rings (SSSR count). The third kappa shape index (κ3) is 3.18. The van der Waals surface area contributed by atoms with Crippen molar-refractivity contribution in [1.29, 1.82) is 0 Å². The third-order valence-electron chi connectivity index (χ3n) is 4.76. The molecule has 0 saturated carbocycles. The van der Waals surface area contributed by atoms with Crippen LogP contribution in [0.1, 0.15) is 29.9 Å². The molecular weight excluding hydrogens is 348 g/mol. The summed E-state index contributed by atoms with van der Waals surface area (Å²) in [4.78, 5) is 26.9. The van der Waals surface area contributed by atoms with Crippen LogP contribution in [0.5, 0.6) is 11.5 Å². The fourth-order valence-electron chi connectivity index (χ4n) is 3.57. The van der Waals surface area contributed by atoms with E-state index in [4.69, 9.17) is 11.3 Å². The van der Waals surface area contributed by atoms with Crippen molar-refractivity contribution in [3.8, 4) is 11.5 Å². The van der Waals surface area contributed by atoms with Crippen LogP contribution in [0.3, 0.4) is 0 Å². The van der Waals surface area contributed by atoms with E-state index in [0.717, 1.165) is 42.3 Å². The van der Waals surface area contributed by atoms with Crippen LogP contribution in [0.25, 0.3) is 4.85 Å². The average molecular weight is 364 g/mol. The molecule has 0 spiro atoms. The normalized spacial score (nSPS) is 21.7. The van der Waals surface area contributed by atoms with Gasteiger partial charge in [-0.05, 0) is 54.7 Å². The summed E-state index contributed by atoms with van der Waals surface area (Å²) >= 11 is 1.10. The molecule has 1 aliphatic heterocycles. The van der Waals surface area contributed by atoms with Gasteiger partial charge in [0.05, 0.1) is 6.57 Å². The lowest BCUT2D eigenvalue weighted by atomic mass is 9.80. The summed E-state index contributed by atoms with van der Waals surface area (Å²) in [7, 11) is 0. The number of carbonyl (C=O) groups is 2. The summed E-state index contributed by atoms with van der Waals surface area (Å²) in [5, 5.41) is 1.79. The molecule has 1 heterocycles. The third-order valence-corrected chi connectivity index (χ3v) is 5.87. The number of nitrogens with zero attached hydrogens (tertiary/aromatic N) is 1. The maximum Gasteiger partial charge on any atom is 0.286 e. The van der Waals surface area contributed by atoms with Gasteiger partial charge < -0.3 is 4.74 Å². The Labute approximate surface area is 155 Å². The van der Waals surface area contributed by atoms with Gasteiger partial charge in [0.2, 0.25) is 5.91 Å². The van der Waals surface area contributed by atoms with Gasteiger partial charge in [0, 0.05) is 5.92 Å². The summed E-state index contributed by atoms with van der Waals surface area (Å²) < 4.78 is 5.90. The fourth-order valence-corrected chi connectivity index (χ4v) is 4.57. The van der Waals surface area contributed by atoms with E-state index < -0.39 is 0 Å². The minimum absolute atomic E-state index is 0.0576. The van der Waals surface area contributed by atoms with Crippen molar-refractivity contribution in [1.82, 2.24) is 5.32 Å². The predicted octanol–water partition coefficient (Wildman–Crippen LogP) is 4.80. The molecule has 0 radical (unpaired) electrons. The lowest BCUT2D eigenvalue weighted by molar-refractivity contribution is -0.119. The van der Waals surface area contributed by atoms with E-state index in [2.05, 4.69) is 10.2 Å². The largest absolute Gasteiger partial charge is 0.457 e. The first kappa shape index (κ1) is 16.7. The summed E-state index contributed by atoms with van der Waals surface area (Å²) in [6.07, 6.45) is 2.83. The molecule has 1 fully saturated rings. The number of ether oxygens (including phenoxy) is 1. The number of aryl methyl sites for hydroxylation is 1. The van der Waals surface area contributed by atoms with Crippen molar-refractivity contribution in [3.63, 3.8) is 0 Å². The summed E-state index contributed by atoms with van der Waals surface area (Å²) in [6.45, 7) is 6.99. The Morgan fingerprint density at radius 1 is 1.12 bits per heavy atom. The van der Waals surface area contributed by atoms with Crippen LogP contribution >= 0.6 is 11.8 Å². The summed E-state index contributed by atoms with van der Waals surface area (Å²) in [5.41, 5.74) is 2.88. The Kier molecular flexibility index (Phi) is 4.39. The molecule has 26 heavy (non-hydrogen) atoms. The van der Waals surface area contributed by atoms with Crippen LogP contribution in [0.2, 0.25) is 0 Å². The van der Waals surface area contributed by atoms with Gasteiger partial charge in [-0.3, -0.25) is 14.9 Å². The molecule has 2 amide bonds. The topological polar surface area (TPSA) is 59.8 Å². The number of hydrogen-bond donors (Lipinski definition) is 1. The molecule has 130 valence electrons. The van der Waals surface area contributed by atoms with E-state index in [9.17, 15) is 9.59 Å². The van der Waals surface area contributed by atoms with Crippen molar-refractivity contribution in [2.75, 3.05) is 0 Å². The average Bonchev–Trinajstić information content (AvgIpc) is 2.99. The van der Waals surface area contributed by atoms with Gasteiger partial charge in [-0.2, -0.15) is 0 Å². The number of fused-ring (bicyclic) bond motifs is 1. The van der Waals surface area contributed by atoms with Crippen LogP contribution < -0.4 is 10.1 Å². The molecule has 1 aliphatic carbocycles. The quantitative estimate of drug-likeness (QED) is 0.795. The number of benzene rings is 2. The highest BCUT2D eigenvalue weighted by Gasteiger charge is 2.40. The number of nitrogens with one attached hydrogen (secondary N) is 1. The second-order valence-electron chi connectivity index (χ2n) is 6.38. The molecule has 2 aromatic carbocycles. The molecular formula is C20H16N2O3S. The Morgan fingerprint density at radius 3 is 2.58 bits per heavy atom. The first-order valence-electron chi connectivity index (χ1n) is 8.44. The van der Waals surface area contributed by atoms with Crippen LogP contribution in [0, 0.1) is 6.57 Å². The Morgan fingerprint density at radius 2 is 1.88 bits per heavy atom. The first-order chi connectivity index (χ1) is 12.6. The van der Waals surface area contributed by atoms with E-state index in [-0.39, 0.29) is 22.3 Å². The molecule has 2 atom stereocenters. The number of imide groups is 1. The lowest BCUT2D eigenvalue weighted by Gasteiger charge is -2.28. The SMILES string of the molecule is [C-]#[N+]c1ccc(Oc2ccc3c(c2)CCC[C@H]3C2SC(=O)NC2=O)cc1. The molecule has 1 unspecified atom stereocenters. The first-order valence-corrected chi connectivity index (χ1v) is 9.32. The highest BCUT2D eigenvalue weighted by molar-refractivity contribution is 8.15. The van der Waals surface area contributed by atoms with Gasteiger partial charge in [-0.25, -0.2) is 4.85 Å². The van der Waals surface area contributed by atoms with E-state index in [1.165, 1.54) is 5.56 Å². The number of hydrogen-bond acceptors (Lipinski definition) is 4. The second kappa shape index (κ2) is 6.85. The van der Waals surface area contributed by atoms with Crippen molar-refractivity contribution in [3.05, 3.63) is 65.0 Å². The van der Waals surface area contributed by atoms with Crippen LogP contribution in [0.4, 0.5) is 10.5 Å². The molecule has 0 bridgehead atoms. The zero-order valence-electron chi connectivity index (χ0n) is 13.9. The van der Waals surface area contributed by atoms with Gasteiger partial charge in [0.1, 0.15) is 16.7 Å². The Bertz CT molecular complexity index is 918. The smallest absolute Gasteiger partial charge is 0.286 e. The van der Waals surface area contributed by atoms with Crippen molar-refractivity contribution < 1.29 is 14.3 Å². The van der Waals surface area contributed by atoms with Gasteiger partial charge in [-0.1, -0.05) is 30.0 Å². The predicted molar refractivity (Wildman–Crippen MR) is 99.8 cm³/mol. The van der Waals surface area contributed by atoms with Gasteiger partial charge in [0.15, 0.2) is 5.69 Å². The van der Waals surface area contributed by atoms with Crippen molar-refractivity contribution >= 4 is 28.6 Å². The maximum absolute atomic E-state index is 12.1. The summed E-state index contributed by atoms with van der Waals surface area (Å²) in [5.74, 6) is 1.29. The maximum atomic E-state index is 12.1. The van der Waals surface area contributed by atoms with Crippen molar-refractivity contribution in [2.45, 2.75) is 30.4 Å². The van der Waals surface area contributed by atoms with E-state index >= 15 is 0 Å². The molecule has 6 heteroatoms. The Hall–Kier alpha value is -2.78. The number of thioether (sulfide) groups is 1. The molecule has 2 aromatic rings. The molecule has 1 N–H and O–H groups in total. The second-order valence-corrected chi connectivity index (χ2v) is 7.50. The zero-order valence-corrected chi connectivity index (χ0v) is 14.7. The molecule has 5 nitrogen and oxygen atoms in total. The molecule has 0 aromatic heterocycles. The molecule has 1 saturated heterocycles. The van der Waals surface area contributed by atoms with E-state index in [0.29, 0.717) is 11.4 Å². The van der Waals surface area contributed by atoms with Gasteiger partial charge in [-0.15, -0.1) is 0 Å². The summed E-state index contributed by atoms with van der Waals surface area (Å²) in [6, 6.07) is 12.9.